The molecule has 1 nitrogen and oxygen atoms in total. The molecule has 104 valence electrons. The van der Waals surface area contributed by atoms with E-state index in [1.54, 1.807) is 0 Å². The first-order chi connectivity index (χ1) is 9.16. The topological polar surface area (TPSA) is 20.2 Å². The zero-order chi connectivity index (χ0) is 13.5. The molecule has 1 aromatic carbocycles. The first-order valence-electron chi connectivity index (χ1n) is 7.95. The van der Waals surface area contributed by atoms with Crippen LogP contribution in [0.5, 0.6) is 0 Å². The van der Waals surface area contributed by atoms with Crippen LogP contribution in [0.25, 0.3) is 0 Å². The first-order valence-corrected chi connectivity index (χ1v) is 7.95. The van der Waals surface area contributed by atoms with Crippen molar-refractivity contribution in [2.45, 2.75) is 58.0 Å². The highest BCUT2D eigenvalue weighted by Crippen LogP contribution is 2.51. The van der Waals surface area contributed by atoms with E-state index in [2.05, 4.69) is 38.1 Å². The molecular formula is C18H26O. The Balaban J connectivity index is 1.94. The summed E-state index contributed by atoms with van der Waals surface area (Å²) in [6.45, 7) is 4.50. The normalized spacial score (nSPS) is 34.7. The van der Waals surface area contributed by atoms with Gasteiger partial charge in [0.05, 0.1) is 5.60 Å². The minimum absolute atomic E-state index is 0.422. The highest BCUT2D eigenvalue weighted by atomic mass is 16.3. The molecule has 0 saturated heterocycles. The third kappa shape index (κ3) is 2.03. The van der Waals surface area contributed by atoms with E-state index in [0.29, 0.717) is 17.8 Å². The summed E-state index contributed by atoms with van der Waals surface area (Å²) >= 11 is 0. The zero-order valence-electron chi connectivity index (χ0n) is 12.2. The van der Waals surface area contributed by atoms with Gasteiger partial charge in [-0.25, -0.2) is 0 Å². The minimum atomic E-state index is -0.422. The van der Waals surface area contributed by atoms with E-state index in [4.69, 9.17) is 0 Å². The minimum Gasteiger partial charge on any atom is -0.389 e. The smallest absolute Gasteiger partial charge is 0.0735 e. The van der Waals surface area contributed by atoms with Gasteiger partial charge in [0, 0.05) is 0 Å². The van der Waals surface area contributed by atoms with Gasteiger partial charge < -0.3 is 5.11 Å². The molecule has 1 N–H and O–H groups in total. The van der Waals surface area contributed by atoms with Gasteiger partial charge in [-0.1, -0.05) is 44.5 Å². The molecule has 0 aromatic heterocycles. The quantitative estimate of drug-likeness (QED) is 0.869. The Morgan fingerprint density at radius 3 is 2.16 bits per heavy atom. The molecule has 2 bridgehead atoms. The lowest BCUT2D eigenvalue weighted by atomic mass is 9.72. The van der Waals surface area contributed by atoms with Crippen molar-refractivity contribution in [3.05, 3.63) is 35.4 Å². The van der Waals surface area contributed by atoms with Crippen LogP contribution in [0.3, 0.4) is 0 Å². The van der Waals surface area contributed by atoms with Gasteiger partial charge >= 0.3 is 0 Å². The van der Waals surface area contributed by atoms with Gasteiger partial charge in [-0.05, 0) is 61.0 Å². The second kappa shape index (κ2) is 4.94. The lowest BCUT2D eigenvalue weighted by Crippen LogP contribution is -2.46. The van der Waals surface area contributed by atoms with Crippen LogP contribution >= 0.6 is 0 Å². The third-order valence-electron chi connectivity index (χ3n) is 5.73. The lowest BCUT2D eigenvalue weighted by molar-refractivity contribution is -0.0810. The Labute approximate surface area is 117 Å². The maximum Gasteiger partial charge on any atom is 0.0735 e. The molecule has 2 aliphatic carbocycles. The van der Waals surface area contributed by atoms with Gasteiger partial charge in [0.25, 0.3) is 0 Å². The van der Waals surface area contributed by atoms with Crippen molar-refractivity contribution in [2.24, 2.45) is 17.8 Å². The summed E-state index contributed by atoms with van der Waals surface area (Å²) < 4.78 is 0. The SMILES string of the molecule is CCCC(C)C1(O)C2CCC1Cc1ccccc1C2. The summed E-state index contributed by atoms with van der Waals surface area (Å²) in [5.74, 6) is 1.38. The molecule has 3 atom stereocenters. The van der Waals surface area contributed by atoms with E-state index in [0.717, 1.165) is 19.3 Å². The van der Waals surface area contributed by atoms with Gasteiger partial charge in [-0.2, -0.15) is 0 Å². The fraction of sp³-hybridized carbons (Fsp3) is 0.667. The number of benzene rings is 1. The molecule has 0 spiro atoms. The second-order valence-electron chi connectivity index (χ2n) is 6.73. The second-order valence-corrected chi connectivity index (χ2v) is 6.73. The number of hydrogen-bond donors (Lipinski definition) is 1. The molecule has 1 saturated carbocycles. The number of hydrogen-bond acceptors (Lipinski definition) is 1. The van der Waals surface area contributed by atoms with Crippen molar-refractivity contribution in [1.29, 1.82) is 0 Å². The van der Waals surface area contributed by atoms with Crippen LogP contribution in [-0.4, -0.2) is 10.7 Å². The van der Waals surface area contributed by atoms with Crippen LogP contribution in [-0.2, 0) is 12.8 Å². The molecule has 3 unspecified atom stereocenters. The van der Waals surface area contributed by atoms with Crippen molar-refractivity contribution in [3.8, 4) is 0 Å². The summed E-state index contributed by atoms with van der Waals surface area (Å²) in [5.41, 5.74) is 2.54. The molecule has 1 fully saturated rings. The van der Waals surface area contributed by atoms with E-state index in [9.17, 15) is 5.11 Å². The van der Waals surface area contributed by atoms with Gasteiger partial charge in [0.1, 0.15) is 0 Å². The summed E-state index contributed by atoms with van der Waals surface area (Å²) in [6.07, 6.45) is 6.91. The van der Waals surface area contributed by atoms with Crippen LogP contribution in [0.2, 0.25) is 0 Å². The van der Waals surface area contributed by atoms with Crippen LogP contribution in [0, 0.1) is 17.8 Å². The van der Waals surface area contributed by atoms with Gasteiger partial charge in [0.2, 0.25) is 0 Å². The van der Waals surface area contributed by atoms with Crippen LogP contribution in [0.4, 0.5) is 0 Å². The van der Waals surface area contributed by atoms with Gasteiger partial charge in [-0.15, -0.1) is 0 Å². The highest BCUT2D eigenvalue weighted by molar-refractivity contribution is 5.32. The molecule has 1 heteroatoms. The van der Waals surface area contributed by atoms with Crippen LogP contribution < -0.4 is 0 Å². The van der Waals surface area contributed by atoms with E-state index in [-0.39, 0.29) is 0 Å². The molecule has 2 aliphatic rings. The number of aliphatic hydroxyl groups is 1. The molecule has 0 heterocycles. The van der Waals surface area contributed by atoms with Gasteiger partial charge in [-0.3, -0.25) is 0 Å². The summed E-state index contributed by atoms with van der Waals surface area (Å²) in [6, 6.07) is 8.82. The maximum atomic E-state index is 11.4. The summed E-state index contributed by atoms with van der Waals surface area (Å²) in [5, 5.41) is 11.4. The van der Waals surface area contributed by atoms with E-state index in [1.165, 1.54) is 30.4 Å². The average Bonchev–Trinajstić information content (AvgIpc) is 2.63. The molecule has 0 amide bonds. The number of rotatable bonds is 3. The Bertz CT molecular complexity index is 418. The standard InChI is InChI=1S/C18H26O/c1-3-6-13(2)18(19)16-9-10-17(18)12-15-8-5-4-7-14(15)11-16/h4-5,7-8,13,16-17,19H,3,6,9-12H2,1-2H3. The third-order valence-corrected chi connectivity index (χ3v) is 5.73. The Kier molecular flexibility index (Phi) is 3.42. The fourth-order valence-electron chi connectivity index (χ4n) is 4.68. The fourth-order valence-corrected chi connectivity index (χ4v) is 4.68. The average molecular weight is 258 g/mol. The summed E-state index contributed by atoms with van der Waals surface area (Å²) in [7, 11) is 0. The van der Waals surface area contributed by atoms with Crippen molar-refractivity contribution < 1.29 is 5.11 Å². The Morgan fingerprint density at radius 1 is 1.16 bits per heavy atom. The highest BCUT2D eigenvalue weighted by Gasteiger charge is 2.52. The monoisotopic (exact) mass is 258 g/mol. The Hall–Kier alpha value is -0.820. The van der Waals surface area contributed by atoms with Crippen molar-refractivity contribution >= 4 is 0 Å². The van der Waals surface area contributed by atoms with Crippen molar-refractivity contribution in [2.75, 3.05) is 0 Å². The van der Waals surface area contributed by atoms with Crippen molar-refractivity contribution in [1.82, 2.24) is 0 Å². The Morgan fingerprint density at radius 2 is 1.68 bits per heavy atom. The van der Waals surface area contributed by atoms with E-state index >= 15 is 0 Å². The van der Waals surface area contributed by atoms with Crippen LogP contribution in [0.15, 0.2) is 24.3 Å². The van der Waals surface area contributed by atoms with Crippen LogP contribution in [0.1, 0.15) is 50.7 Å². The summed E-state index contributed by atoms with van der Waals surface area (Å²) in [4.78, 5) is 0. The molecular weight excluding hydrogens is 232 g/mol. The molecule has 19 heavy (non-hydrogen) atoms. The maximum absolute atomic E-state index is 11.4. The van der Waals surface area contributed by atoms with E-state index in [1.807, 2.05) is 0 Å². The van der Waals surface area contributed by atoms with Crippen molar-refractivity contribution in [3.63, 3.8) is 0 Å². The molecule has 3 rings (SSSR count). The molecule has 0 radical (unpaired) electrons. The van der Waals surface area contributed by atoms with E-state index < -0.39 is 5.60 Å². The molecule has 0 aliphatic heterocycles. The van der Waals surface area contributed by atoms with Gasteiger partial charge in [0.15, 0.2) is 0 Å². The molecule has 1 aromatic rings. The predicted molar refractivity (Wildman–Crippen MR) is 79.1 cm³/mol. The lowest BCUT2D eigenvalue weighted by Gasteiger charge is -2.39. The number of fused-ring (bicyclic) bond motifs is 3. The zero-order valence-corrected chi connectivity index (χ0v) is 12.2. The largest absolute Gasteiger partial charge is 0.389 e. The predicted octanol–water partition coefficient (Wildman–Crippen LogP) is 3.98. The first kappa shape index (κ1) is 13.2.